The first-order chi connectivity index (χ1) is 11.8. The Balaban J connectivity index is 1.51. The summed E-state index contributed by atoms with van der Waals surface area (Å²) < 4.78 is 0. The van der Waals surface area contributed by atoms with E-state index in [0.29, 0.717) is 0 Å². The molecule has 0 bridgehead atoms. The van der Waals surface area contributed by atoms with E-state index in [1.807, 2.05) is 6.07 Å². The number of hydrogen-bond donors (Lipinski definition) is 2. The summed E-state index contributed by atoms with van der Waals surface area (Å²) in [5.41, 5.74) is 13.0. The Morgan fingerprint density at radius 3 is 1.92 bits per heavy atom. The molecule has 0 fully saturated rings. The molecular formula is C22H24N2. The predicted molar refractivity (Wildman–Crippen MR) is 101 cm³/mol. The lowest BCUT2D eigenvalue weighted by molar-refractivity contribution is 0.529. The second-order valence-corrected chi connectivity index (χ2v) is 5.94. The third kappa shape index (κ3) is 4.54. The quantitative estimate of drug-likeness (QED) is 0.487. The number of rotatable bonds is 7. The Bertz CT molecular complexity index is 748. The van der Waals surface area contributed by atoms with E-state index in [1.165, 1.54) is 27.8 Å². The fourth-order valence-electron chi connectivity index (χ4n) is 2.71. The van der Waals surface area contributed by atoms with Crippen molar-refractivity contribution in [3.8, 4) is 11.1 Å². The van der Waals surface area contributed by atoms with Crippen molar-refractivity contribution in [2.75, 3.05) is 0 Å². The molecule has 24 heavy (non-hydrogen) atoms. The van der Waals surface area contributed by atoms with Gasteiger partial charge in [0.1, 0.15) is 0 Å². The second kappa shape index (κ2) is 8.44. The fraction of sp³-hybridized carbons (Fsp3) is 0.182. The summed E-state index contributed by atoms with van der Waals surface area (Å²) in [6, 6.07) is 27.9. The van der Waals surface area contributed by atoms with Crippen molar-refractivity contribution < 1.29 is 0 Å². The number of nitrogens with one attached hydrogen (secondary N) is 2. The molecule has 0 amide bonds. The number of aryl methyl sites for hydroxylation is 1. The minimum absolute atomic E-state index is 0.799. The molecule has 0 aliphatic rings. The summed E-state index contributed by atoms with van der Waals surface area (Å²) in [4.78, 5) is 0. The van der Waals surface area contributed by atoms with Crippen LogP contribution in [0.1, 0.15) is 23.6 Å². The molecule has 0 aliphatic heterocycles. The van der Waals surface area contributed by atoms with Gasteiger partial charge in [-0.25, -0.2) is 0 Å². The van der Waals surface area contributed by atoms with E-state index in [0.717, 1.165) is 19.5 Å². The van der Waals surface area contributed by atoms with E-state index in [-0.39, 0.29) is 0 Å². The van der Waals surface area contributed by atoms with Gasteiger partial charge >= 0.3 is 0 Å². The Morgan fingerprint density at radius 2 is 1.21 bits per heavy atom. The van der Waals surface area contributed by atoms with E-state index < -0.39 is 0 Å². The Labute approximate surface area is 144 Å². The van der Waals surface area contributed by atoms with Crippen molar-refractivity contribution in [1.82, 2.24) is 10.9 Å². The molecule has 0 radical (unpaired) electrons. The first-order valence-electron chi connectivity index (χ1n) is 8.53. The summed E-state index contributed by atoms with van der Waals surface area (Å²) in [6.07, 6.45) is 1.09. The van der Waals surface area contributed by atoms with Crippen LogP contribution in [0, 0.1) is 0 Å². The molecule has 122 valence electrons. The van der Waals surface area contributed by atoms with Crippen molar-refractivity contribution >= 4 is 0 Å². The van der Waals surface area contributed by atoms with E-state index in [9.17, 15) is 0 Å². The van der Waals surface area contributed by atoms with Gasteiger partial charge < -0.3 is 0 Å². The zero-order chi connectivity index (χ0) is 16.6. The standard InChI is InChI=1S/C22H24N2/c1-2-18-11-13-19(14-12-18)16-23-24-17-20-7-6-10-22(15-20)21-8-4-3-5-9-21/h3-15,23-24H,2,16-17H2,1H3. The molecule has 0 saturated carbocycles. The van der Waals surface area contributed by atoms with Crippen molar-refractivity contribution in [2.24, 2.45) is 0 Å². The number of benzene rings is 3. The zero-order valence-corrected chi connectivity index (χ0v) is 14.1. The molecule has 0 unspecified atom stereocenters. The summed E-state index contributed by atoms with van der Waals surface area (Å²) >= 11 is 0. The molecule has 0 aromatic heterocycles. The van der Waals surface area contributed by atoms with Gasteiger partial charge in [0, 0.05) is 13.1 Å². The smallest absolute Gasteiger partial charge is 0.0351 e. The van der Waals surface area contributed by atoms with Gasteiger partial charge in [-0.3, -0.25) is 10.9 Å². The van der Waals surface area contributed by atoms with Crippen LogP contribution in [0.3, 0.4) is 0 Å². The van der Waals surface area contributed by atoms with Gasteiger partial charge in [-0.15, -0.1) is 0 Å². The normalized spacial score (nSPS) is 10.7. The lowest BCUT2D eigenvalue weighted by Crippen LogP contribution is -2.30. The largest absolute Gasteiger partial charge is 0.253 e. The van der Waals surface area contributed by atoms with Gasteiger partial charge in [-0.2, -0.15) is 0 Å². The summed E-state index contributed by atoms with van der Waals surface area (Å²) in [5.74, 6) is 0. The van der Waals surface area contributed by atoms with Gasteiger partial charge in [0.15, 0.2) is 0 Å². The average molecular weight is 316 g/mol. The summed E-state index contributed by atoms with van der Waals surface area (Å²) in [7, 11) is 0. The van der Waals surface area contributed by atoms with Crippen LogP contribution in [-0.2, 0) is 19.5 Å². The maximum Gasteiger partial charge on any atom is 0.0351 e. The monoisotopic (exact) mass is 316 g/mol. The zero-order valence-electron chi connectivity index (χ0n) is 14.1. The van der Waals surface area contributed by atoms with Crippen LogP contribution < -0.4 is 10.9 Å². The minimum Gasteiger partial charge on any atom is -0.253 e. The van der Waals surface area contributed by atoms with E-state index in [1.54, 1.807) is 0 Å². The van der Waals surface area contributed by atoms with Gasteiger partial charge in [-0.05, 0) is 40.3 Å². The van der Waals surface area contributed by atoms with E-state index in [4.69, 9.17) is 0 Å². The van der Waals surface area contributed by atoms with Gasteiger partial charge in [-0.1, -0.05) is 79.7 Å². The summed E-state index contributed by atoms with van der Waals surface area (Å²) in [6.45, 7) is 3.80. The molecule has 0 spiro atoms. The Hall–Kier alpha value is -2.42. The third-order valence-electron chi connectivity index (χ3n) is 4.18. The van der Waals surface area contributed by atoms with Crippen molar-refractivity contribution in [3.05, 3.63) is 95.6 Å². The van der Waals surface area contributed by atoms with Crippen LogP contribution in [-0.4, -0.2) is 0 Å². The Kier molecular flexibility index (Phi) is 5.78. The first-order valence-corrected chi connectivity index (χ1v) is 8.53. The highest BCUT2D eigenvalue weighted by Crippen LogP contribution is 2.19. The molecule has 0 aliphatic carbocycles. The molecule has 2 heteroatoms. The van der Waals surface area contributed by atoms with Crippen LogP contribution >= 0.6 is 0 Å². The lowest BCUT2D eigenvalue weighted by atomic mass is 10.0. The summed E-state index contributed by atoms with van der Waals surface area (Å²) in [5, 5.41) is 0. The molecule has 2 N–H and O–H groups in total. The highest BCUT2D eigenvalue weighted by molar-refractivity contribution is 5.63. The highest BCUT2D eigenvalue weighted by Gasteiger charge is 1.99. The van der Waals surface area contributed by atoms with Crippen molar-refractivity contribution in [1.29, 1.82) is 0 Å². The molecule has 0 heterocycles. The fourth-order valence-corrected chi connectivity index (χ4v) is 2.71. The van der Waals surface area contributed by atoms with E-state index in [2.05, 4.69) is 90.6 Å². The second-order valence-electron chi connectivity index (χ2n) is 5.94. The average Bonchev–Trinajstić information content (AvgIpc) is 2.67. The van der Waals surface area contributed by atoms with Crippen LogP contribution in [0.25, 0.3) is 11.1 Å². The highest BCUT2D eigenvalue weighted by atomic mass is 15.3. The molecule has 3 aromatic rings. The molecule has 3 aromatic carbocycles. The number of hydrogen-bond acceptors (Lipinski definition) is 2. The van der Waals surface area contributed by atoms with Gasteiger partial charge in [0.25, 0.3) is 0 Å². The maximum absolute atomic E-state index is 3.31. The number of hydrazine groups is 1. The van der Waals surface area contributed by atoms with Crippen LogP contribution in [0.15, 0.2) is 78.9 Å². The van der Waals surface area contributed by atoms with Gasteiger partial charge in [0.05, 0.1) is 0 Å². The molecule has 0 saturated heterocycles. The van der Waals surface area contributed by atoms with Crippen LogP contribution in [0.2, 0.25) is 0 Å². The van der Waals surface area contributed by atoms with E-state index >= 15 is 0 Å². The third-order valence-corrected chi connectivity index (χ3v) is 4.18. The predicted octanol–water partition coefficient (Wildman–Crippen LogP) is 4.71. The minimum atomic E-state index is 0.799. The first kappa shape index (κ1) is 16.4. The van der Waals surface area contributed by atoms with Crippen LogP contribution in [0.4, 0.5) is 0 Å². The lowest BCUT2D eigenvalue weighted by Gasteiger charge is -2.09. The van der Waals surface area contributed by atoms with Gasteiger partial charge in [0.2, 0.25) is 0 Å². The molecular weight excluding hydrogens is 292 g/mol. The van der Waals surface area contributed by atoms with Crippen molar-refractivity contribution in [3.63, 3.8) is 0 Å². The SMILES string of the molecule is CCc1ccc(CNNCc2cccc(-c3ccccc3)c2)cc1. The molecule has 0 atom stereocenters. The van der Waals surface area contributed by atoms with Crippen LogP contribution in [0.5, 0.6) is 0 Å². The molecule has 3 rings (SSSR count). The molecule has 2 nitrogen and oxygen atoms in total. The van der Waals surface area contributed by atoms with Crippen molar-refractivity contribution in [2.45, 2.75) is 26.4 Å². The topological polar surface area (TPSA) is 24.1 Å². The Morgan fingerprint density at radius 1 is 0.583 bits per heavy atom. The maximum atomic E-state index is 3.31.